The minimum atomic E-state index is -0.0933. The van der Waals surface area contributed by atoms with Gasteiger partial charge < -0.3 is 4.90 Å². The van der Waals surface area contributed by atoms with Gasteiger partial charge >= 0.3 is 0 Å². The molecule has 0 aliphatic carbocycles. The van der Waals surface area contributed by atoms with E-state index in [0.29, 0.717) is 6.04 Å². The van der Waals surface area contributed by atoms with Gasteiger partial charge in [0.2, 0.25) is 0 Å². The Hall–Kier alpha value is -0.930. The topological polar surface area (TPSA) is 6.48 Å². The lowest BCUT2D eigenvalue weighted by molar-refractivity contribution is 0.0925. The van der Waals surface area contributed by atoms with Crippen molar-refractivity contribution in [3.05, 3.63) is 35.1 Å². The molecule has 0 aromatic heterocycles. The molecule has 2 nitrogen and oxygen atoms in total. The zero-order valence-corrected chi connectivity index (χ0v) is 13.3. The van der Waals surface area contributed by atoms with Gasteiger partial charge in [-0.3, -0.25) is 4.90 Å². The highest BCUT2D eigenvalue weighted by atomic mass is 19.1. The van der Waals surface area contributed by atoms with Gasteiger partial charge in [0.05, 0.1) is 0 Å². The molecule has 0 amide bonds. The summed E-state index contributed by atoms with van der Waals surface area (Å²) in [5.74, 6) is 0.669. The van der Waals surface area contributed by atoms with Crippen LogP contribution in [-0.4, -0.2) is 42.0 Å². The van der Waals surface area contributed by atoms with E-state index >= 15 is 0 Å². The lowest BCUT2D eigenvalue weighted by Crippen LogP contribution is -2.47. The number of piperidine rings is 1. The SMILES string of the molecule is CC(C)CN1CCC(N2CCc3cc(F)ccc3C2)CC1. The van der Waals surface area contributed by atoms with Crippen molar-refractivity contribution in [3.8, 4) is 0 Å². The van der Waals surface area contributed by atoms with Crippen molar-refractivity contribution < 1.29 is 4.39 Å². The molecule has 0 spiro atoms. The molecule has 0 N–H and O–H groups in total. The standard InChI is InChI=1S/C18H27FN2/c1-14(2)12-20-8-6-18(7-9-20)21-10-5-15-11-17(19)4-3-16(15)13-21/h3-4,11,14,18H,5-10,12-13H2,1-2H3. The van der Waals surface area contributed by atoms with Crippen LogP contribution in [0.25, 0.3) is 0 Å². The van der Waals surface area contributed by atoms with Crippen molar-refractivity contribution >= 4 is 0 Å². The van der Waals surface area contributed by atoms with E-state index in [1.165, 1.54) is 43.6 Å². The summed E-state index contributed by atoms with van der Waals surface area (Å²) in [5, 5.41) is 0. The number of hydrogen-bond acceptors (Lipinski definition) is 2. The summed E-state index contributed by atoms with van der Waals surface area (Å²) in [6.45, 7) is 10.4. The van der Waals surface area contributed by atoms with Crippen molar-refractivity contribution in [3.63, 3.8) is 0 Å². The van der Waals surface area contributed by atoms with Crippen LogP contribution in [0.5, 0.6) is 0 Å². The van der Waals surface area contributed by atoms with Gasteiger partial charge in [-0.05, 0) is 61.5 Å². The monoisotopic (exact) mass is 290 g/mol. The van der Waals surface area contributed by atoms with Crippen LogP contribution < -0.4 is 0 Å². The third kappa shape index (κ3) is 3.64. The van der Waals surface area contributed by atoms with Crippen LogP contribution in [0, 0.1) is 11.7 Å². The first-order chi connectivity index (χ1) is 10.1. The first-order valence-corrected chi connectivity index (χ1v) is 8.35. The molecule has 1 fully saturated rings. The lowest BCUT2D eigenvalue weighted by atomic mass is 9.95. The van der Waals surface area contributed by atoms with Gasteiger partial charge in [0, 0.05) is 25.7 Å². The number of hydrogen-bond donors (Lipinski definition) is 0. The summed E-state index contributed by atoms with van der Waals surface area (Å²) in [6, 6.07) is 6.02. The van der Waals surface area contributed by atoms with E-state index in [1.807, 2.05) is 6.07 Å². The van der Waals surface area contributed by atoms with Gasteiger partial charge in [-0.25, -0.2) is 4.39 Å². The van der Waals surface area contributed by atoms with Crippen molar-refractivity contribution in [2.45, 2.75) is 45.7 Å². The summed E-state index contributed by atoms with van der Waals surface area (Å²) < 4.78 is 13.3. The van der Waals surface area contributed by atoms with Gasteiger partial charge in [-0.15, -0.1) is 0 Å². The minimum absolute atomic E-state index is 0.0933. The van der Waals surface area contributed by atoms with Crippen molar-refractivity contribution in [2.75, 3.05) is 26.2 Å². The summed E-state index contributed by atoms with van der Waals surface area (Å²) >= 11 is 0. The average molecular weight is 290 g/mol. The molecule has 0 radical (unpaired) electrons. The molecule has 2 heterocycles. The smallest absolute Gasteiger partial charge is 0.123 e. The van der Waals surface area contributed by atoms with Crippen LogP contribution in [0.15, 0.2) is 18.2 Å². The van der Waals surface area contributed by atoms with Crippen molar-refractivity contribution in [1.82, 2.24) is 9.80 Å². The minimum Gasteiger partial charge on any atom is -0.303 e. The maximum absolute atomic E-state index is 13.3. The van der Waals surface area contributed by atoms with Gasteiger partial charge in [0.1, 0.15) is 5.82 Å². The van der Waals surface area contributed by atoms with E-state index in [2.05, 4.69) is 23.6 Å². The normalized spacial score (nSPS) is 21.7. The zero-order chi connectivity index (χ0) is 14.8. The number of benzene rings is 1. The highest BCUT2D eigenvalue weighted by molar-refractivity contribution is 5.30. The predicted octanol–water partition coefficient (Wildman–Crippen LogP) is 3.30. The Balaban J connectivity index is 1.56. The average Bonchev–Trinajstić information content (AvgIpc) is 2.47. The summed E-state index contributed by atoms with van der Waals surface area (Å²) in [7, 11) is 0. The number of fused-ring (bicyclic) bond motifs is 1. The quantitative estimate of drug-likeness (QED) is 0.843. The molecular weight excluding hydrogens is 263 g/mol. The molecule has 2 aliphatic rings. The van der Waals surface area contributed by atoms with E-state index in [1.54, 1.807) is 12.1 Å². The maximum atomic E-state index is 13.3. The van der Waals surface area contributed by atoms with Crippen LogP contribution >= 0.6 is 0 Å². The molecule has 116 valence electrons. The molecule has 0 saturated carbocycles. The van der Waals surface area contributed by atoms with Crippen molar-refractivity contribution in [1.29, 1.82) is 0 Å². The second-order valence-corrected chi connectivity index (χ2v) is 7.06. The number of nitrogens with zero attached hydrogens (tertiary/aromatic N) is 2. The molecule has 21 heavy (non-hydrogen) atoms. The van der Waals surface area contributed by atoms with Gasteiger partial charge in [-0.1, -0.05) is 19.9 Å². The molecule has 0 bridgehead atoms. The predicted molar refractivity (Wildman–Crippen MR) is 84.8 cm³/mol. The third-order valence-electron chi connectivity index (χ3n) is 4.91. The fraction of sp³-hybridized carbons (Fsp3) is 0.667. The Kier molecular flexibility index (Phi) is 4.60. The van der Waals surface area contributed by atoms with Crippen LogP contribution in [0.4, 0.5) is 4.39 Å². The van der Waals surface area contributed by atoms with E-state index in [4.69, 9.17) is 0 Å². The molecular formula is C18H27FN2. The summed E-state index contributed by atoms with van der Waals surface area (Å²) in [5.41, 5.74) is 2.54. The molecule has 3 rings (SSSR count). The van der Waals surface area contributed by atoms with Gasteiger partial charge in [0.15, 0.2) is 0 Å². The van der Waals surface area contributed by atoms with Crippen LogP contribution in [-0.2, 0) is 13.0 Å². The number of halogens is 1. The first-order valence-electron chi connectivity index (χ1n) is 8.35. The van der Waals surface area contributed by atoms with Gasteiger partial charge in [-0.2, -0.15) is 0 Å². The van der Waals surface area contributed by atoms with E-state index in [-0.39, 0.29) is 5.82 Å². The maximum Gasteiger partial charge on any atom is 0.123 e. The fourth-order valence-corrected chi connectivity index (χ4v) is 3.84. The van der Waals surface area contributed by atoms with Crippen LogP contribution in [0.3, 0.4) is 0 Å². The molecule has 1 aromatic rings. The largest absolute Gasteiger partial charge is 0.303 e. The summed E-state index contributed by atoms with van der Waals surface area (Å²) in [6.07, 6.45) is 3.56. The molecule has 1 saturated heterocycles. The second-order valence-electron chi connectivity index (χ2n) is 7.06. The zero-order valence-electron chi connectivity index (χ0n) is 13.3. The van der Waals surface area contributed by atoms with E-state index < -0.39 is 0 Å². The highest BCUT2D eigenvalue weighted by Gasteiger charge is 2.27. The first kappa shape index (κ1) is 15.0. The molecule has 1 aromatic carbocycles. The Morgan fingerprint density at radius 2 is 1.90 bits per heavy atom. The molecule has 2 aliphatic heterocycles. The second kappa shape index (κ2) is 6.45. The van der Waals surface area contributed by atoms with E-state index in [0.717, 1.165) is 25.4 Å². The lowest BCUT2D eigenvalue weighted by Gasteiger charge is -2.41. The number of rotatable bonds is 3. The molecule has 3 heteroatoms. The Morgan fingerprint density at radius 3 is 2.62 bits per heavy atom. The molecule has 0 atom stereocenters. The van der Waals surface area contributed by atoms with Crippen molar-refractivity contribution in [2.24, 2.45) is 5.92 Å². The van der Waals surface area contributed by atoms with Crippen LogP contribution in [0.2, 0.25) is 0 Å². The number of likely N-dealkylation sites (tertiary alicyclic amines) is 1. The van der Waals surface area contributed by atoms with E-state index in [9.17, 15) is 4.39 Å². The van der Waals surface area contributed by atoms with Crippen LogP contribution in [0.1, 0.15) is 37.8 Å². The Bertz CT molecular complexity index is 478. The summed E-state index contributed by atoms with van der Waals surface area (Å²) in [4.78, 5) is 5.22. The third-order valence-corrected chi connectivity index (χ3v) is 4.91. The highest BCUT2D eigenvalue weighted by Crippen LogP contribution is 2.25. The Labute approximate surface area is 127 Å². The fourth-order valence-electron chi connectivity index (χ4n) is 3.84. The Morgan fingerprint density at radius 1 is 1.14 bits per heavy atom. The molecule has 0 unspecified atom stereocenters. The van der Waals surface area contributed by atoms with Gasteiger partial charge in [0.25, 0.3) is 0 Å².